The minimum absolute atomic E-state index is 0.0513. The number of aliphatic hydroxyl groups is 2. The standard InChI is InChI=1S/C13H17N4O8P/c1-13(20)9(19)7(4-24-26(21,22)23)25-12(13)17-2-6(3-18)8-10(14)15-5-16-11(8)17/h2-3,5,7,9,12,19-20H,4H2,1H3,(H2,14,15,16)(H2,21,22,23)/t7?,9?,12?,13-/m1/s1. The van der Waals surface area contributed by atoms with E-state index in [9.17, 15) is 19.6 Å². The Labute approximate surface area is 146 Å². The number of hydrogen-bond donors (Lipinski definition) is 5. The molecule has 4 atom stereocenters. The van der Waals surface area contributed by atoms with Gasteiger partial charge in [0.2, 0.25) is 0 Å². The highest BCUT2D eigenvalue weighted by Gasteiger charge is 2.54. The lowest BCUT2D eigenvalue weighted by Gasteiger charge is -2.27. The van der Waals surface area contributed by atoms with Crippen LogP contribution in [0.2, 0.25) is 0 Å². The third-order valence-electron chi connectivity index (χ3n) is 4.21. The van der Waals surface area contributed by atoms with E-state index in [1.54, 1.807) is 0 Å². The first-order chi connectivity index (χ1) is 12.1. The summed E-state index contributed by atoms with van der Waals surface area (Å²) >= 11 is 0. The Kier molecular flexibility index (Phi) is 4.61. The average molecular weight is 388 g/mol. The zero-order chi connectivity index (χ0) is 19.3. The molecule has 0 radical (unpaired) electrons. The van der Waals surface area contributed by atoms with Gasteiger partial charge in [-0.05, 0) is 6.92 Å². The molecule has 0 aliphatic carbocycles. The van der Waals surface area contributed by atoms with Gasteiger partial charge in [-0.15, -0.1) is 0 Å². The van der Waals surface area contributed by atoms with Gasteiger partial charge in [0.05, 0.1) is 12.0 Å². The van der Waals surface area contributed by atoms with Gasteiger partial charge in [0.15, 0.2) is 12.5 Å². The van der Waals surface area contributed by atoms with E-state index in [1.807, 2.05) is 0 Å². The molecular formula is C13H17N4O8P. The van der Waals surface area contributed by atoms with Crippen LogP contribution >= 0.6 is 7.82 Å². The van der Waals surface area contributed by atoms with Crippen molar-refractivity contribution < 1.29 is 38.6 Å². The van der Waals surface area contributed by atoms with Crippen molar-refractivity contribution in [3.8, 4) is 0 Å². The number of nitrogens with zero attached hydrogens (tertiary/aromatic N) is 3. The molecule has 2 aromatic rings. The second kappa shape index (κ2) is 6.35. The number of hydrogen-bond acceptors (Lipinski definition) is 9. The van der Waals surface area contributed by atoms with E-state index in [2.05, 4.69) is 14.5 Å². The van der Waals surface area contributed by atoms with Gasteiger partial charge < -0.3 is 35.0 Å². The van der Waals surface area contributed by atoms with E-state index >= 15 is 0 Å². The second-order valence-corrected chi connectivity index (χ2v) is 7.29. The van der Waals surface area contributed by atoms with Crippen molar-refractivity contribution in [2.24, 2.45) is 0 Å². The third-order valence-corrected chi connectivity index (χ3v) is 4.69. The van der Waals surface area contributed by atoms with Crippen molar-refractivity contribution in [3.05, 3.63) is 18.1 Å². The summed E-state index contributed by atoms with van der Waals surface area (Å²) in [5.41, 5.74) is 4.24. The Hall–Kier alpha value is -1.92. The van der Waals surface area contributed by atoms with Crippen molar-refractivity contribution in [2.45, 2.75) is 31.0 Å². The van der Waals surface area contributed by atoms with E-state index in [0.29, 0.717) is 6.29 Å². The molecule has 0 aromatic carbocycles. The molecule has 3 rings (SSSR count). The monoisotopic (exact) mass is 388 g/mol. The Morgan fingerprint density at radius 2 is 2.19 bits per heavy atom. The summed E-state index contributed by atoms with van der Waals surface area (Å²) in [5, 5.41) is 21.2. The fourth-order valence-electron chi connectivity index (χ4n) is 2.95. The molecule has 2 aromatic heterocycles. The number of carbonyl (C=O) groups excluding carboxylic acids is 1. The van der Waals surface area contributed by atoms with Gasteiger partial charge in [0.1, 0.15) is 35.6 Å². The van der Waals surface area contributed by atoms with E-state index < -0.39 is 38.5 Å². The van der Waals surface area contributed by atoms with Crippen LogP contribution < -0.4 is 5.73 Å². The van der Waals surface area contributed by atoms with Crippen LogP contribution in [0.15, 0.2) is 12.5 Å². The molecule has 3 unspecified atom stereocenters. The predicted molar refractivity (Wildman–Crippen MR) is 85.9 cm³/mol. The summed E-state index contributed by atoms with van der Waals surface area (Å²) in [6.45, 7) is 0.617. The topological polar surface area (TPSA) is 190 Å². The van der Waals surface area contributed by atoms with E-state index in [4.69, 9.17) is 20.3 Å². The molecule has 3 heterocycles. The first-order valence-corrected chi connectivity index (χ1v) is 8.91. The number of ether oxygens (including phenoxy) is 1. The number of aldehydes is 1. The van der Waals surface area contributed by atoms with Gasteiger partial charge in [-0.2, -0.15) is 0 Å². The minimum Gasteiger partial charge on any atom is -0.387 e. The number of fused-ring (bicyclic) bond motifs is 1. The average Bonchev–Trinajstić information content (AvgIpc) is 3.02. The second-order valence-electron chi connectivity index (χ2n) is 6.05. The molecule has 1 aliphatic rings. The lowest BCUT2D eigenvalue weighted by Crippen LogP contribution is -2.44. The summed E-state index contributed by atoms with van der Waals surface area (Å²) in [4.78, 5) is 36.8. The van der Waals surface area contributed by atoms with Crippen LogP contribution in [0.1, 0.15) is 23.5 Å². The van der Waals surface area contributed by atoms with Crippen LogP contribution in [0, 0.1) is 0 Å². The number of aromatic nitrogens is 3. The zero-order valence-electron chi connectivity index (χ0n) is 13.5. The van der Waals surface area contributed by atoms with Crippen LogP contribution in [-0.4, -0.2) is 65.2 Å². The Bertz CT molecular complexity index is 894. The van der Waals surface area contributed by atoms with Crippen molar-refractivity contribution >= 4 is 31.0 Å². The van der Waals surface area contributed by atoms with Crippen LogP contribution in [0.3, 0.4) is 0 Å². The summed E-state index contributed by atoms with van der Waals surface area (Å²) in [5.74, 6) is 0.0513. The SMILES string of the molecule is C[C@@]1(O)C(O)C(COP(=O)(O)O)OC1n1cc(C=O)c2c(N)ncnc21. The van der Waals surface area contributed by atoms with Gasteiger partial charge in [-0.25, -0.2) is 14.5 Å². The number of nitrogens with two attached hydrogens (primary N) is 1. The molecule has 6 N–H and O–H groups in total. The molecule has 142 valence electrons. The quantitative estimate of drug-likeness (QED) is 0.310. The Morgan fingerprint density at radius 1 is 1.50 bits per heavy atom. The molecule has 1 fully saturated rings. The van der Waals surface area contributed by atoms with Crippen LogP contribution in [0.5, 0.6) is 0 Å². The van der Waals surface area contributed by atoms with E-state index in [1.165, 1.54) is 17.7 Å². The molecule has 0 bridgehead atoms. The first-order valence-electron chi connectivity index (χ1n) is 7.38. The summed E-state index contributed by atoms with van der Waals surface area (Å²) in [6.07, 6.45) is -0.965. The van der Waals surface area contributed by atoms with Crippen LogP contribution in [0.4, 0.5) is 5.82 Å². The fraction of sp³-hybridized carbons (Fsp3) is 0.462. The Morgan fingerprint density at radius 3 is 2.81 bits per heavy atom. The van der Waals surface area contributed by atoms with Crippen molar-refractivity contribution in [1.82, 2.24) is 14.5 Å². The van der Waals surface area contributed by atoms with E-state index in [-0.39, 0.29) is 22.4 Å². The zero-order valence-corrected chi connectivity index (χ0v) is 14.4. The first kappa shape index (κ1) is 18.9. The molecular weight excluding hydrogens is 371 g/mol. The maximum Gasteiger partial charge on any atom is 0.469 e. The number of rotatable bonds is 5. The largest absolute Gasteiger partial charge is 0.469 e. The predicted octanol–water partition coefficient (Wildman–Crippen LogP) is -1.06. The van der Waals surface area contributed by atoms with Gasteiger partial charge >= 0.3 is 7.82 Å². The lowest BCUT2D eigenvalue weighted by atomic mass is 9.96. The molecule has 26 heavy (non-hydrogen) atoms. The number of anilines is 1. The highest BCUT2D eigenvalue weighted by Crippen LogP contribution is 2.43. The van der Waals surface area contributed by atoms with Crippen molar-refractivity contribution in [1.29, 1.82) is 0 Å². The number of phosphoric ester groups is 1. The minimum atomic E-state index is -4.79. The van der Waals surface area contributed by atoms with Crippen LogP contribution in [-0.2, 0) is 13.8 Å². The number of nitrogen functional groups attached to an aromatic ring is 1. The molecule has 1 aliphatic heterocycles. The van der Waals surface area contributed by atoms with Crippen molar-refractivity contribution in [2.75, 3.05) is 12.3 Å². The number of phosphoric acid groups is 1. The molecule has 0 amide bonds. The Balaban J connectivity index is 2.01. The molecule has 1 saturated heterocycles. The highest BCUT2D eigenvalue weighted by atomic mass is 31.2. The summed E-state index contributed by atoms with van der Waals surface area (Å²) in [6, 6.07) is 0. The molecule has 0 spiro atoms. The highest BCUT2D eigenvalue weighted by molar-refractivity contribution is 7.46. The molecule has 13 heteroatoms. The van der Waals surface area contributed by atoms with E-state index in [0.717, 1.165) is 6.33 Å². The van der Waals surface area contributed by atoms with Gasteiger partial charge in [0, 0.05) is 11.8 Å². The third kappa shape index (κ3) is 3.12. The summed E-state index contributed by atoms with van der Waals surface area (Å²) in [7, 11) is -4.79. The van der Waals surface area contributed by atoms with Gasteiger partial charge in [-0.3, -0.25) is 9.32 Å². The normalized spacial score (nSPS) is 29.3. The summed E-state index contributed by atoms with van der Waals surface area (Å²) < 4.78 is 22.1. The maximum atomic E-state index is 11.3. The molecule has 0 saturated carbocycles. The number of carbonyl (C=O) groups is 1. The smallest absolute Gasteiger partial charge is 0.387 e. The lowest BCUT2D eigenvalue weighted by molar-refractivity contribution is -0.0947. The van der Waals surface area contributed by atoms with Crippen LogP contribution in [0.25, 0.3) is 11.0 Å². The number of aliphatic hydroxyl groups excluding tert-OH is 1. The van der Waals surface area contributed by atoms with Gasteiger partial charge in [-0.1, -0.05) is 0 Å². The maximum absolute atomic E-state index is 11.3. The van der Waals surface area contributed by atoms with Gasteiger partial charge in [0.25, 0.3) is 0 Å². The molecule has 12 nitrogen and oxygen atoms in total. The fourth-order valence-corrected chi connectivity index (χ4v) is 3.30. The van der Waals surface area contributed by atoms with Crippen molar-refractivity contribution in [3.63, 3.8) is 0 Å².